The molecule has 98 valence electrons. The van der Waals surface area contributed by atoms with Gasteiger partial charge in [0.2, 0.25) is 5.91 Å². The van der Waals surface area contributed by atoms with Crippen molar-refractivity contribution in [3.63, 3.8) is 0 Å². The fraction of sp³-hybridized carbons (Fsp3) is 0.600. The molecule has 1 atom stereocenters. The van der Waals surface area contributed by atoms with Crippen LogP contribution in [0.25, 0.3) is 0 Å². The van der Waals surface area contributed by atoms with E-state index in [2.05, 4.69) is 17.1 Å². The van der Waals surface area contributed by atoms with Gasteiger partial charge in [0.25, 0.3) is 0 Å². The first-order valence-corrected chi connectivity index (χ1v) is 6.80. The first-order chi connectivity index (χ1) is 8.58. The van der Waals surface area contributed by atoms with Crippen LogP contribution >= 0.6 is 0 Å². The van der Waals surface area contributed by atoms with Crippen molar-refractivity contribution < 1.29 is 4.79 Å². The number of amides is 1. The van der Waals surface area contributed by atoms with Gasteiger partial charge in [0.15, 0.2) is 0 Å². The second-order valence-corrected chi connectivity index (χ2v) is 5.48. The zero-order chi connectivity index (χ0) is 13.1. The lowest BCUT2D eigenvalue weighted by atomic mass is 9.93. The lowest BCUT2D eigenvalue weighted by Gasteiger charge is -2.33. The summed E-state index contributed by atoms with van der Waals surface area (Å²) in [4.78, 5) is 18.6. The number of carbonyl (C=O) groups excluding carboxylic acids is 1. The molecule has 3 heteroatoms. The average molecular weight is 246 g/mol. The number of nitrogens with zero attached hydrogens (tertiary/aromatic N) is 2. The molecular formula is C15H22N2O. The molecule has 1 saturated heterocycles. The van der Waals surface area contributed by atoms with Gasteiger partial charge in [-0.15, -0.1) is 0 Å². The third-order valence-corrected chi connectivity index (χ3v) is 3.56. The van der Waals surface area contributed by atoms with Crippen LogP contribution in [0.1, 0.15) is 44.0 Å². The SMILES string of the molecule is Cc1cccc([C@@H]2CCCN(C(=O)C(C)C)C2)n1. The Kier molecular flexibility index (Phi) is 4.00. The molecule has 1 aromatic heterocycles. The minimum Gasteiger partial charge on any atom is -0.342 e. The molecular weight excluding hydrogens is 224 g/mol. The summed E-state index contributed by atoms with van der Waals surface area (Å²) in [5.41, 5.74) is 2.19. The van der Waals surface area contributed by atoms with Crippen LogP contribution in [0.4, 0.5) is 0 Å². The molecule has 1 aliphatic rings. The van der Waals surface area contributed by atoms with Crippen molar-refractivity contribution in [2.75, 3.05) is 13.1 Å². The Morgan fingerprint density at radius 3 is 2.89 bits per heavy atom. The molecule has 1 fully saturated rings. The molecule has 0 saturated carbocycles. The van der Waals surface area contributed by atoms with Crippen LogP contribution in [-0.4, -0.2) is 28.9 Å². The monoisotopic (exact) mass is 246 g/mol. The Hall–Kier alpha value is -1.38. The molecule has 0 spiro atoms. The topological polar surface area (TPSA) is 33.2 Å². The van der Waals surface area contributed by atoms with Crippen molar-refractivity contribution in [2.45, 2.75) is 39.5 Å². The molecule has 0 unspecified atom stereocenters. The fourth-order valence-corrected chi connectivity index (χ4v) is 2.58. The number of piperidine rings is 1. The van der Waals surface area contributed by atoms with Crippen molar-refractivity contribution in [3.8, 4) is 0 Å². The van der Waals surface area contributed by atoms with E-state index in [0.717, 1.165) is 37.3 Å². The van der Waals surface area contributed by atoms with E-state index in [0.29, 0.717) is 5.92 Å². The standard InChI is InChI=1S/C15H22N2O/c1-11(2)15(18)17-9-5-7-13(10-17)14-8-4-6-12(3)16-14/h4,6,8,11,13H,5,7,9-10H2,1-3H3/t13-/m1/s1. The zero-order valence-electron chi connectivity index (χ0n) is 11.5. The lowest BCUT2D eigenvalue weighted by Crippen LogP contribution is -2.41. The first-order valence-electron chi connectivity index (χ1n) is 6.80. The highest BCUT2D eigenvalue weighted by molar-refractivity contribution is 5.78. The van der Waals surface area contributed by atoms with Crippen LogP contribution in [-0.2, 0) is 4.79 Å². The van der Waals surface area contributed by atoms with Gasteiger partial charge in [-0.3, -0.25) is 9.78 Å². The maximum atomic E-state index is 12.0. The van der Waals surface area contributed by atoms with Crippen LogP contribution in [0.3, 0.4) is 0 Å². The number of pyridine rings is 1. The van der Waals surface area contributed by atoms with E-state index in [1.807, 2.05) is 31.7 Å². The van der Waals surface area contributed by atoms with Gasteiger partial charge in [-0.1, -0.05) is 19.9 Å². The lowest BCUT2D eigenvalue weighted by molar-refractivity contribution is -0.135. The second kappa shape index (κ2) is 5.51. The summed E-state index contributed by atoms with van der Waals surface area (Å²) < 4.78 is 0. The highest BCUT2D eigenvalue weighted by Gasteiger charge is 2.26. The van der Waals surface area contributed by atoms with Gasteiger partial charge >= 0.3 is 0 Å². The fourth-order valence-electron chi connectivity index (χ4n) is 2.58. The van der Waals surface area contributed by atoms with Crippen molar-refractivity contribution in [1.29, 1.82) is 0 Å². The van der Waals surface area contributed by atoms with E-state index in [-0.39, 0.29) is 11.8 Å². The summed E-state index contributed by atoms with van der Waals surface area (Å²) >= 11 is 0. The molecule has 1 aromatic rings. The summed E-state index contributed by atoms with van der Waals surface area (Å²) in [6.07, 6.45) is 2.22. The summed E-state index contributed by atoms with van der Waals surface area (Å²) in [6.45, 7) is 7.68. The maximum Gasteiger partial charge on any atom is 0.225 e. The predicted molar refractivity (Wildman–Crippen MR) is 72.4 cm³/mol. The Bertz CT molecular complexity index is 428. The van der Waals surface area contributed by atoms with E-state index in [1.165, 1.54) is 0 Å². The third-order valence-electron chi connectivity index (χ3n) is 3.56. The number of aryl methyl sites for hydroxylation is 1. The molecule has 0 bridgehead atoms. The molecule has 0 aromatic carbocycles. The highest BCUT2D eigenvalue weighted by Crippen LogP contribution is 2.26. The van der Waals surface area contributed by atoms with Crippen molar-refractivity contribution in [3.05, 3.63) is 29.6 Å². The van der Waals surface area contributed by atoms with Gasteiger partial charge < -0.3 is 4.90 Å². The average Bonchev–Trinajstić information content (AvgIpc) is 2.38. The van der Waals surface area contributed by atoms with Crippen LogP contribution in [0, 0.1) is 12.8 Å². The van der Waals surface area contributed by atoms with Crippen molar-refractivity contribution in [2.24, 2.45) is 5.92 Å². The van der Waals surface area contributed by atoms with Crippen LogP contribution in [0.5, 0.6) is 0 Å². The Morgan fingerprint density at radius 1 is 1.44 bits per heavy atom. The van der Waals surface area contributed by atoms with E-state index >= 15 is 0 Å². The smallest absolute Gasteiger partial charge is 0.225 e. The summed E-state index contributed by atoms with van der Waals surface area (Å²) in [5, 5.41) is 0. The first kappa shape index (κ1) is 13.1. The van der Waals surface area contributed by atoms with Crippen LogP contribution < -0.4 is 0 Å². The Morgan fingerprint density at radius 2 is 2.22 bits per heavy atom. The number of hydrogen-bond donors (Lipinski definition) is 0. The maximum absolute atomic E-state index is 12.0. The van der Waals surface area contributed by atoms with Gasteiger partial charge in [0, 0.05) is 36.3 Å². The molecule has 1 aliphatic heterocycles. The highest BCUT2D eigenvalue weighted by atomic mass is 16.2. The van der Waals surface area contributed by atoms with Gasteiger partial charge in [-0.2, -0.15) is 0 Å². The van der Waals surface area contributed by atoms with E-state index in [4.69, 9.17) is 0 Å². The molecule has 0 aliphatic carbocycles. The molecule has 3 nitrogen and oxygen atoms in total. The number of carbonyl (C=O) groups is 1. The number of aromatic nitrogens is 1. The minimum atomic E-state index is 0.0919. The molecule has 1 amide bonds. The second-order valence-electron chi connectivity index (χ2n) is 5.48. The van der Waals surface area contributed by atoms with Crippen LogP contribution in [0.2, 0.25) is 0 Å². The van der Waals surface area contributed by atoms with Crippen molar-refractivity contribution >= 4 is 5.91 Å². The summed E-state index contributed by atoms with van der Waals surface area (Å²) in [6, 6.07) is 6.16. The predicted octanol–water partition coefficient (Wildman–Crippen LogP) is 2.75. The summed E-state index contributed by atoms with van der Waals surface area (Å²) in [5.74, 6) is 0.767. The molecule has 0 N–H and O–H groups in total. The molecule has 0 radical (unpaired) electrons. The van der Waals surface area contributed by atoms with Crippen LogP contribution in [0.15, 0.2) is 18.2 Å². The van der Waals surface area contributed by atoms with E-state index in [1.54, 1.807) is 0 Å². The van der Waals surface area contributed by atoms with Gasteiger partial charge in [0.05, 0.1) is 0 Å². The summed E-state index contributed by atoms with van der Waals surface area (Å²) in [7, 11) is 0. The number of rotatable bonds is 2. The van der Waals surface area contributed by atoms with E-state index < -0.39 is 0 Å². The largest absolute Gasteiger partial charge is 0.342 e. The minimum absolute atomic E-state index is 0.0919. The van der Waals surface area contributed by atoms with Gasteiger partial charge in [-0.25, -0.2) is 0 Å². The number of hydrogen-bond acceptors (Lipinski definition) is 2. The Labute approximate surface area is 109 Å². The third kappa shape index (κ3) is 2.89. The van der Waals surface area contributed by atoms with E-state index in [9.17, 15) is 4.79 Å². The molecule has 2 rings (SSSR count). The normalized spacial score (nSPS) is 20.2. The molecule has 2 heterocycles. The van der Waals surface area contributed by atoms with Gasteiger partial charge in [0.1, 0.15) is 0 Å². The Balaban J connectivity index is 2.09. The molecule has 18 heavy (non-hydrogen) atoms. The quantitative estimate of drug-likeness (QED) is 0.804. The van der Waals surface area contributed by atoms with Gasteiger partial charge in [-0.05, 0) is 31.9 Å². The zero-order valence-corrected chi connectivity index (χ0v) is 11.5. The van der Waals surface area contributed by atoms with Crippen molar-refractivity contribution in [1.82, 2.24) is 9.88 Å². The number of likely N-dealkylation sites (tertiary alicyclic amines) is 1.